The molecule has 2 rings (SSSR count). The van der Waals surface area contributed by atoms with E-state index in [1.807, 2.05) is 0 Å². The topological polar surface area (TPSA) is 23.5 Å². The van der Waals surface area contributed by atoms with Gasteiger partial charge in [-0.2, -0.15) is 0 Å². The van der Waals surface area contributed by atoms with Crippen molar-refractivity contribution in [3.8, 4) is 0 Å². The van der Waals surface area contributed by atoms with Crippen molar-refractivity contribution in [1.82, 2.24) is 4.90 Å². The number of rotatable bonds is 5. The predicted molar refractivity (Wildman–Crippen MR) is 75.6 cm³/mol. The van der Waals surface area contributed by atoms with Gasteiger partial charge >= 0.3 is 0 Å². The first kappa shape index (κ1) is 13.6. The molecule has 1 aliphatic rings. The Bertz CT molecular complexity index is 354. The lowest BCUT2D eigenvalue weighted by molar-refractivity contribution is 0.0945. The minimum absolute atomic E-state index is 0.301. The van der Waals surface area contributed by atoms with E-state index in [2.05, 4.69) is 43.0 Å². The van der Waals surface area contributed by atoms with Crippen LogP contribution in [-0.4, -0.2) is 29.6 Å². The van der Waals surface area contributed by atoms with E-state index in [0.717, 1.165) is 18.5 Å². The number of aliphatic hydroxyl groups excluding tert-OH is 1. The average Bonchev–Trinajstić information content (AvgIpc) is 2.91. The zero-order valence-corrected chi connectivity index (χ0v) is 11.6. The van der Waals surface area contributed by atoms with Gasteiger partial charge < -0.3 is 10.0 Å². The molecule has 2 nitrogen and oxygen atoms in total. The zero-order valence-electron chi connectivity index (χ0n) is 11.6. The van der Waals surface area contributed by atoms with Crippen LogP contribution >= 0.6 is 0 Å². The summed E-state index contributed by atoms with van der Waals surface area (Å²) in [6.07, 6.45) is 3.35. The van der Waals surface area contributed by atoms with Gasteiger partial charge in [-0.1, -0.05) is 38.1 Å². The summed E-state index contributed by atoms with van der Waals surface area (Å²) in [4.78, 5) is 2.47. The van der Waals surface area contributed by atoms with Crippen molar-refractivity contribution in [2.24, 2.45) is 5.92 Å². The van der Waals surface area contributed by atoms with Crippen molar-refractivity contribution in [2.45, 2.75) is 39.2 Å². The normalized spacial score (nSPS) is 19.9. The third-order valence-corrected chi connectivity index (χ3v) is 4.01. The summed E-state index contributed by atoms with van der Waals surface area (Å²) in [7, 11) is 0. The monoisotopic (exact) mass is 247 g/mol. The summed E-state index contributed by atoms with van der Waals surface area (Å²) >= 11 is 0. The van der Waals surface area contributed by atoms with E-state index in [0.29, 0.717) is 5.92 Å². The average molecular weight is 247 g/mol. The van der Waals surface area contributed by atoms with Crippen molar-refractivity contribution < 1.29 is 5.11 Å². The van der Waals surface area contributed by atoms with Gasteiger partial charge in [0.15, 0.2) is 0 Å². The maximum Gasteiger partial charge on any atom is 0.0827 e. The van der Waals surface area contributed by atoms with Crippen molar-refractivity contribution in [2.75, 3.05) is 19.6 Å². The van der Waals surface area contributed by atoms with E-state index in [1.165, 1.54) is 31.5 Å². The lowest BCUT2D eigenvalue weighted by atomic mass is 9.96. The fraction of sp³-hybridized carbons (Fsp3) is 0.625. The number of hydrogen-bond acceptors (Lipinski definition) is 2. The van der Waals surface area contributed by atoms with Crippen LogP contribution in [0.3, 0.4) is 0 Å². The molecule has 1 aromatic carbocycles. The molecule has 0 radical (unpaired) electrons. The lowest BCUT2D eigenvalue weighted by Gasteiger charge is -2.24. The van der Waals surface area contributed by atoms with Crippen LogP contribution in [0, 0.1) is 5.92 Å². The summed E-state index contributed by atoms with van der Waals surface area (Å²) in [6.45, 7) is 7.71. The van der Waals surface area contributed by atoms with E-state index in [-0.39, 0.29) is 6.10 Å². The number of benzene rings is 1. The van der Waals surface area contributed by atoms with E-state index in [4.69, 9.17) is 0 Å². The molecule has 1 heterocycles. The van der Waals surface area contributed by atoms with Crippen LogP contribution in [0.4, 0.5) is 0 Å². The molecule has 100 valence electrons. The molecule has 2 atom stereocenters. The maximum atomic E-state index is 10.4. The number of nitrogens with zero attached hydrogens (tertiary/aromatic N) is 1. The second-order valence-electron chi connectivity index (χ2n) is 5.52. The second-order valence-corrected chi connectivity index (χ2v) is 5.52. The molecule has 0 aromatic heterocycles. The van der Waals surface area contributed by atoms with Crippen molar-refractivity contribution >= 4 is 0 Å². The van der Waals surface area contributed by atoms with Crippen LogP contribution < -0.4 is 0 Å². The molecule has 1 aliphatic heterocycles. The van der Waals surface area contributed by atoms with Crippen molar-refractivity contribution in [3.05, 3.63) is 35.4 Å². The minimum atomic E-state index is -0.337. The van der Waals surface area contributed by atoms with Gasteiger partial charge in [0.05, 0.1) is 6.10 Å². The molecule has 18 heavy (non-hydrogen) atoms. The minimum Gasteiger partial charge on any atom is -0.388 e. The highest BCUT2D eigenvalue weighted by atomic mass is 16.3. The third-order valence-electron chi connectivity index (χ3n) is 4.01. The summed E-state index contributed by atoms with van der Waals surface area (Å²) in [5, 5.41) is 10.4. The molecule has 1 fully saturated rings. The molecular weight excluding hydrogens is 222 g/mol. The van der Waals surface area contributed by atoms with Gasteiger partial charge in [0, 0.05) is 6.54 Å². The second kappa shape index (κ2) is 6.35. The Balaban J connectivity index is 1.93. The van der Waals surface area contributed by atoms with Gasteiger partial charge in [0.1, 0.15) is 0 Å². The highest BCUT2D eigenvalue weighted by Crippen LogP contribution is 2.24. The van der Waals surface area contributed by atoms with Gasteiger partial charge in [-0.3, -0.25) is 0 Å². The van der Waals surface area contributed by atoms with Crippen LogP contribution in [0.2, 0.25) is 0 Å². The molecule has 0 aliphatic carbocycles. The SMILES string of the molecule is CCc1ccc([C@H](O)[C@H](C)CN2CCCC2)cc1. The molecule has 0 bridgehead atoms. The Morgan fingerprint density at radius 3 is 2.33 bits per heavy atom. The maximum absolute atomic E-state index is 10.4. The molecular formula is C16H25NO. The molecule has 2 heteroatoms. The fourth-order valence-electron chi connectivity index (χ4n) is 2.75. The molecule has 0 saturated carbocycles. The van der Waals surface area contributed by atoms with Gasteiger partial charge in [-0.05, 0) is 49.4 Å². The molecule has 1 N–H and O–H groups in total. The first-order chi connectivity index (χ1) is 8.70. The number of likely N-dealkylation sites (tertiary alicyclic amines) is 1. The van der Waals surface area contributed by atoms with Crippen LogP contribution in [-0.2, 0) is 6.42 Å². The zero-order chi connectivity index (χ0) is 13.0. The molecule has 0 amide bonds. The van der Waals surface area contributed by atoms with Gasteiger partial charge in [0.25, 0.3) is 0 Å². The van der Waals surface area contributed by atoms with E-state index < -0.39 is 0 Å². The molecule has 0 spiro atoms. The number of aryl methyl sites for hydroxylation is 1. The molecule has 1 aromatic rings. The van der Waals surface area contributed by atoms with Gasteiger partial charge in [-0.15, -0.1) is 0 Å². The first-order valence-corrected chi connectivity index (χ1v) is 7.20. The van der Waals surface area contributed by atoms with Crippen molar-refractivity contribution in [3.63, 3.8) is 0 Å². The predicted octanol–water partition coefficient (Wildman–Crippen LogP) is 3.01. The number of hydrogen-bond donors (Lipinski definition) is 1. The summed E-state index contributed by atoms with van der Waals surface area (Å²) < 4.78 is 0. The van der Waals surface area contributed by atoms with Crippen molar-refractivity contribution in [1.29, 1.82) is 0 Å². The quantitative estimate of drug-likeness (QED) is 0.864. The van der Waals surface area contributed by atoms with E-state index >= 15 is 0 Å². The summed E-state index contributed by atoms with van der Waals surface area (Å²) in [6, 6.07) is 8.40. The Labute approximate surface area is 111 Å². The fourth-order valence-corrected chi connectivity index (χ4v) is 2.75. The van der Waals surface area contributed by atoms with Crippen LogP contribution in [0.1, 0.15) is 43.9 Å². The highest BCUT2D eigenvalue weighted by Gasteiger charge is 2.21. The van der Waals surface area contributed by atoms with Gasteiger partial charge in [0.2, 0.25) is 0 Å². The van der Waals surface area contributed by atoms with Gasteiger partial charge in [-0.25, -0.2) is 0 Å². The Hall–Kier alpha value is -0.860. The molecule has 1 saturated heterocycles. The largest absolute Gasteiger partial charge is 0.388 e. The Morgan fingerprint density at radius 2 is 1.78 bits per heavy atom. The Kier molecular flexibility index (Phi) is 4.79. The van der Waals surface area contributed by atoms with Crippen LogP contribution in [0.25, 0.3) is 0 Å². The first-order valence-electron chi connectivity index (χ1n) is 7.20. The Morgan fingerprint density at radius 1 is 1.17 bits per heavy atom. The third kappa shape index (κ3) is 3.33. The molecule has 0 unspecified atom stereocenters. The van der Waals surface area contributed by atoms with Crippen LogP contribution in [0.5, 0.6) is 0 Å². The highest BCUT2D eigenvalue weighted by molar-refractivity contribution is 5.24. The standard InChI is InChI=1S/C16H25NO/c1-3-14-6-8-15(9-7-14)16(18)13(2)12-17-10-4-5-11-17/h6-9,13,16,18H,3-5,10-12H2,1-2H3/t13-,16-/m1/s1. The lowest BCUT2D eigenvalue weighted by Crippen LogP contribution is -2.28. The summed E-state index contributed by atoms with van der Waals surface area (Å²) in [5.41, 5.74) is 2.39. The summed E-state index contributed by atoms with van der Waals surface area (Å²) in [5.74, 6) is 0.301. The number of aliphatic hydroxyl groups is 1. The smallest absolute Gasteiger partial charge is 0.0827 e. The van der Waals surface area contributed by atoms with E-state index in [1.54, 1.807) is 0 Å². The van der Waals surface area contributed by atoms with Crippen LogP contribution in [0.15, 0.2) is 24.3 Å². The van der Waals surface area contributed by atoms with E-state index in [9.17, 15) is 5.11 Å².